The van der Waals surface area contributed by atoms with Gasteiger partial charge in [0.15, 0.2) is 10.9 Å². The number of hydrogen-bond acceptors (Lipinski definition) is 4. The lowest BCUT2D eigenvalue weighted by molar-refractivity contribution is 0.102. The first-order valence-electron chi connectivity index (χ1n) is 9.78. The molecule has 1 N–H and O–H groups in total. The Morgan fingerprint density at radius 1 is 0.767 bits per heavy atom. The first-order valence-corrected chi connectivity index (χ1v) is 10.6. The highest BCUT2D eigenvalue weighted by Crippen LogP contribution is 2.38. The summed E-state index contributed by atoms with van der Waals surface area (Å²) in [4.78, 5) is 31.1. The van der Waals surface area contributed by atoms with Gasteiger partial charge in [0.25, 0.3) is 5.91 Å². The summed E-state index contributed by atoms with van der Waals surface area (Å²) in [5.41, 5.74) is 5.10. The first kappa shape index (κ1) is 18.5. The van der Waals surface area contributed by atoms with Crippen molar-refractivity contribution in [2.75, 3.05) is 5.32 Å². The fourth-order valence-corrected chi connectivity index (χ4v) is 4.67. The summed E-state index contributed by atoms with van der Waals surface area (Å²) in [6.45, 7) is 0. The molecule has 5 rings (SSSR count). The fraction of sp³-hybridized carbons (Fsp3) is 0.0800. The number of carbonyl (C=O) groups is 2. The number of aromatic nitrogens is 1. The predicted molar refractivity (Wildman–Crippen MR) is 119 cm³/mol. The summed E-state index contributed by atoms with van der Waals surface area (Å²) < 4.78 is 0. The molecule has 0 atom stereocenters. The Bertz CT molecular complexity index is 1240. The lowest BCUT2D eigenvalue weighted by atomic mass is 9.94. The standard InChI is InChI=1S/C25H18N2O2S/c28-23(17-7-2-1-3-8-17)18-10-12-19(13-11-18)24(29)27-25-26-22-20-9-5-4-6-16(20)14-15-21(22)30-25/h1-13H,14-15H2,(H,26,27,29). The Balaban J connectivity index is 1.33. The number of amides is 1. The summed E-state index contributed by atoms with van der Waals surface area (Å²) in [5, 5.41) is 3.51. The molecule has 0 aliphatic heterocycles. The minimum atomic E-state index is -0.229. The van der Waals surface area contributed by atoms with Gasteiger partial charge in [-0.1, -0.05) is 66.7 Å². The van der Waals surface area contributed by atoms with Gasteiger partial charge in [0, 0.05) is 27.1 Å². The number of anilines is 1. The average Bonchev–Trinajstić information content (AvgIpc) is 3.22. The van der Waals surface area contributed by atoms with Crippen molar-refractivity contribution in [2.45, 2.75) is 12.8 Å². The van der Waals surface area contributed by atoms with E-state index in [0.29, 0.717) is 21.8 Å². The molecule has 4 nitrogen and oxygen atoms in total. The van der Waals surface area contributed by atoms with Crippen molar-refractivity contribution in [3.8, 4) is 11.3 Å². The SMILES string of the molecule is O=C(Nc1nc2c(s1)CCc1ccccc1-2)c1ccc(C(=O)c2ccccc2)cc1. The zero-order valence-electron chi connectivity index (χ0n) is 16.1. The Kier molecular flexibility index (Phi) is 4.73. The molecule has 0 fully saturated rings. The molecule has 0 radical (unpaired) electrons. The Labute approximate surface area is 178 Å². The smallest absolute Gasteiger partial charge is 0.257 e. The number of benzene rings is 3. The summed E-state index contributed by atoms with van der Waals surface area (Å²) >= 11 is 1.53. The molecule has 1 heterocycles. The Hall–Kier alpha value is -3.57. The van der Waals surface area contributed by atoms with E-state index in [4.69, 9.17) is 0 Å². The average molecular weight is 410 g/mol. The van der Waals surface area contributed by atoms with Crippen LogP contribution >= 0.6 is 11.3 Å². The van der Waals surface area contributed by atoms with Crippen LogP contribution in [0.2, 0.25) is 0 Å². The van der Waals surface area contributed by atoms with Crippen molar-refractivity contribution in [1.82, 2.24) is 4.98 Å². The van der Waals surface area contributed by atoms with Crippen molar-refractivity contribution >= 4 is 28.2 Å². The molecule has 146 valence electrons. The second-order valence-electron chi connectivity index (χ2n) is 7.17. The van der Waals surface area contributed by atoms with Gasteiger partial charge in [-0.3, -0.25) is 14.9 Å². The van der Waals surface area contributed by atoms with E-state index in [1.807, 2.05) is 30.3 Å². The van der Waals surface area contributed by atoms with E-state index in [-0.39, 0.29) is 11.7 Å². The molecule has 1 aliphatic carbocycles. The van der Waals surface area contributed by atoms with Crippen LogP contribution in [0.15, 0.2) is 78.9 Å². The highest BCUT2D eigenvalue weighted by molar-refractivity contribution is 7.16. The third-order valence-electron chi connectivity index (χ3n) is 5.26. The third-order valence-corrected chi connectivity index (χ3v) is 6.29. The molecule has 4 aromatic rings. The third kappa shape index (κ3) is 3.44. The number of nitrogens with zero attached hydrogens (tertiary/aromatic N) is 1. The fourth-order valence-electron chi connectivity index (χ4n) is 3.70. The molecule has 1 amide bonds. The van der Waals surface area contributed by atoms with E-state index in [1.54, 1.807) is 36.4 Å². The number of fused-ring (bicyclic) bond motifs is 3. The second kappa shape index (κ2) is 7.69. The number of ketones is 1. The van der Waals surface area contributed by atoms with Crippen LogP contribution in [-0.2, 0) is 12.8 Å². The van der Waals surface area contributed by atoms with Gasteiger partial charge in [-0.2, -0.15) is 0 Å². The molecule has 3 aromatic carbocycles. The minimum Gasteiger partial charge on any atom is -0.298 e. The van der Waals surface area contributed by atoms with Gasteiger partial charge in [0.05, 0.1) is 5.69 Å². The summed E-state index contributed by atoms with van der Waals surface area (Å²) in [7, 11) is 0. The number of carbonyl (C=O) groups excluding carboxylic acids is 2. The molecule has 0 bridgehead atoms. The summed E-state index contributed by atoms with van der Waals surface area (Å²) in [6, 6.07) is 24.1. The Morgan fingerprint density at radius 3 is 2.23 bits per heavy atom. The van der Waals surface area contributed by atoms with Crippen molar-refractivity contribution in [3.05, 3.63) is 106 Å². The number of thiazole rings is 1. The molecule has 0 saturated heterocycles. The van der Waals surface area contributed by atoms with Crippen molar-refractivity contribution in [3.63, 3.8) is 0 Å². The van der Waals surface area contributed by atoms with E-state index >= 15 is 0 Å². The Morgan fingerprint density at radius 2 is 1.43 bits per heavy atom. The summed E-state index contributed by atoms with van der Waals surface area (Å²) in [5.74, 6) is -0.290. The molecule has 1 aromatic heterocycles. The van der Waals surface area contributed by atoms with Crippen LogP contribution in [0, 0.1) is 0 Å². The molecule has 0 unspecified atom stereocenters. The van der Waals surface area contributed by atoms with Crippen LogP contribution in [0.25, 0.3) is 11.3 Å². The highest BCUT2D eigenvalue weighted by atomic mass is 32.1. The zero-order valence-corrected chi connectivity index (χ0v) is 16.9. The van der Waals surface area contributed by atoms with Gasteiger partial charge in [0.2, 0.25) is 0 Å². The predicted octanol–water partition coefficient (Wildman–Crippen LogP) is 5.39. The van der Waals surface area contributed by atoms with Crippen molar-refractivity contribution < 1.29 is 9.59 Å². The normalized spacial score (nSPS) is 12.0. The largest absolute Gasteiger partial charge is 0.298 e. The van der Waals surface area contributed by atoms with Crippen molar-refractivity contribution in [2.24, 2.45) is 0 Å². The number of aryl methyl sites for hydroxylation is 2. The maximum absolute atomic E-state index is 12.7. The van der Waals surface area contributed by atoms with Gasteiger partial charge in [-0.15, -0.1) is 11.3 Å². The van der Waals surface area contributed by atoms with Gasteiger partial charge in [0.1, 0.15) is 0 Å². The quantitative estimate of drug-likeness (QED) is 0.459. The van der Waals surface area contributed by atoms with E-state index in [0.717, 1.165) is 24.1 Å². The molecule has 1 aliphatic rings. The molecule has 0 saturated carbocycles. The van der Waals surface area contributed by atoms with E-state index in [2.05, 4.69) is 22.4 Å². The number of rotatable bonds is 4. The molecule has 5 heteroatoms. The van der Waals surface area contributed by atoms with Gasteiger partial charge >= 0.3 is 0 Å². The van der Waals surface area contributed by atoms with Crippen molar-refractivity contribution in [1.29, 1.82) is 0 Å². The first-order chi connectivity index (χ1) is 14.7. The lowest BCUT2D eigenvalue weighted by Gasteiger charge is -2.13. The lowest BCUT2D eigenvalue weighted by Crippen LogP contribution is -2.12. The van der Waals surface area contributed by atoms with E-state index in [9.17, 15) is 9.59 Å². The zero-order chi connectivity index (χ0) is 20.5. The van der Waals surface area contributed by atoms with Crippen LogP contribution in [0.3, 0.4) is 0 Å². The topological polar surface area (TPSA) is 59.1 Å². The van der Waals surface area contributed by atoms with Crippen LogP contribution < -0.4 is 5.32 Å². The monoisotopic (exact) mass is 410 g/mol. The second-order valence-corrected chi connectivity index (χ2v) is 8.26. The number of nitrogens with one attached hydrogen (secondary N) is 1. The van der Waals surface area contributed by atoms with Crippen LogP contribution in [0.1, 0.15) is 36.7 Å². The molecular weight excluding hydrogens is 392 g/mol. The van der Waals surface area contributed by atoms with E-state index < -0.39 is 0 Å². The maximum Gasteiger partial charge on any atom is 0.257 e. The molecule has 30 heavy (non-hydrogen) atoms. The number of hydrogen-bond donors (Lipinski definition) is 1. The van der Waals surface area contributed by atoms with Gasteiger partial charge in [-0.05, 0) is 30.5 Å². The van der Waals surface area contributed by atoms with Crippen LogP contribution in [0.5, 0.6) is 0 Å². The maximum atomic E-state index is 12.7. The highest BCUT2D eigenvalue weighted by Gasteiger charge is 2.21. The molecule has 0 spiro atoms. The summed E-state index contributed by atoms with van der Waals surface area (Å²) in [6.07, 6.45) is 1.94. The van der Waals surface area contributed by atoms with E-state index in [1.165, 1.54) is 21.8 Å². The van der Waals surface area contributed by atoms with Gasteiger partial charge < -0.3 is 0 Å². The van der Waals surface area contributed by atoms with Gasteiger partial charge in [-0.25, -0.2) is 4.98 Å². The van der Waals surface area contributed by atoms with Crippen LogP contribution in [0.4, 0.5) is 5.13 Å². The molecular formula is C25H18N2O2S. The van der Waals surface area contributed by atoms with Crippen LogP contribution in [-0.4, -0.2) is 16.7 Å². The minimum absolute atomic E-state index is 0.0613.